The fourth-order valence-electron chi connectivity index (χ4n) is 2.85. The van der Waals surface area contributed by atoms with Gasteiger partial charge in [0.25, 0.3) is 5.91 Å². The lowest BCUT2D eigenvalue weighted by atomic mass is 9.95. The van der Waals surface area contributed by atoms with Crippen molar-refractivity contribution in [1.29, 1.82) is 0 Å². The molecule has 0 aliphatic carbocycles. The summed E-state index contributed by atoms with van der Waals surface area (Å²) in [4.78, 5) is 24.6. The molecule has 8 heteroatoms. The summed E-state index contributed by atoms with van der Waals surface area (Å²) in [7, 11) is 0. The van der Waals surface area contributed by atoms with Crippen LogP contribution < -0.4 is 16.3 Å². The predicted octanol–water partition coefficient (Wildman–Crippen LogP) is 1.51. The predicted molar refractivity (Wildman–Crippen MR) is 90.4 cm³/mol. The van der Waals surface area contributed by atoms with Crippen LogP contribution in [0.2, 0.25) is 0 Å². The molecule has 0 radical (unpaired) electrons. The van der Waals surface area contributed by atoms with Gasteiger partial charge in [-0.3, -0.25) is 4.79 Å². The Hall–Kier alpha value is -2.06. The number of nitrogens with one attached hydrogen (secondary N) is 2. The lowest BCUT2D eigenvalue weighted by Gasteiger charge is -2.22. The van der Waals surface area contributed by atoms with Crippen molar-refractivity contribution in [2.45, 2.75) is 39.2 Å². The fourth-order valence-corrected chi connectivity index (χ4v) is 3.50. The average molecular weight is 348 g/mol. The maximum atomic E-state index is 12.3. The van der Waals surface area contributed by atoms with Crippen LogP contribution in [0.5, 0.6) is 0 Å². The summed E-state index contributed by atoms with van der Waals surface area (Å²) in [5.41, 5.74) is 0.114. The van der Waals surface area contributed by atoms with E-state index < -0.39 is 11.5 Å². The van der Waals surface area contributed by atoms with Crippen LogP contribution in [0.15, 0.2) is 15.3 Å². The van der Waals surface area contributed by atoms with Crippen LogP contribution in [-0.4, -0.2) is 29.2 Å². The van der Waals surface area contributed by atoms with E-state index in [1.54, 1.807) is 6.92 Å². The standard InChI is InChI=1S/C16H20N4O3S/c1-9-6-12(11-4-3-5-17-7-11)23-16(22)14(9)15(21)18-8-13-20-19-10(2)24-13/h6,11,17H,3-5,7-8H2,1-2H3,(H,18,21). The summed E-state index contributed by atoms with van der Waals surface area (Å²) in [6, 6.07) is 1.81. The molecule has 7 nitrogen and oxygen atoms in total. The number of nitrogens with zero attached hydrogens (tertiary/aromatic N) is 2. The largest absolute Gasteiger partial charge is 0.427 e. The molecule has 1 unspecified atom stereocenters. The highest BCUT2D eigenvalue weighted by atomic mass is 32.1. The number of aromatic nitrogens is 2. The van der Waals surface area contributed by atoms with Crippen molar-refractivity contribution in [3.63, 3.8) is 0 Å². The van der Waals surface area contributed by atoms with Crippen molar-refractivity contribution >= 4 is 17.2 Å². The van der Waals surface area contributed by atoms with Gasteiger partial charge in [-0.25, -0.2) is 4.79 Å². The van der Waals surface area contributed by atoms with Gasteiger partial charge in [-0.1, -0.05) is 11.3 Å². The van der Waals surface area contributed by atoms with Gasteiger partial charge >= 0.3 is 5.63 Å². The van der Waals surface area contributed by atoms with Crippen molar-refractivity contribution in [3.05, 3.63) is 43.4 Å². The maximum absolute atomic E-state index is 12.3. The highest BCUT2D eigenvalue weighted by Crippen LogP contribution is 2.23. The highest BCUT2D eigenvalue weighted by molar-refractivity contribution is 7.11. The van der Waals surface area contributed by atoms with Crippen molar-refractivity contribution in [2.24, 2.45) is 0 Å². The first-order valence-corrected chi connectivity index (χ1v) is 8.79. The molecular weight excluding hydrogens is 328 g/mol. The molecule has 2 aromatic rings. The summed E-state index contributed by atoms with van der Waals surface area (Å²) in [5.74, 6) is 0.398. The van der Waals surface area contributed by atoms with E-state index >= 15 is 0 Å². The van der Waals surface area contributed by atoms with Crippen LogP contribution in [0.25, 0.3) is 0 Å². The third-order valence-electron chi connectivity index (χ3n) is 4.06. The van der Waals surface area contributed by atoms with Crippen molar-refractivity contribution in [1.82, 2.24) is 20.8 Å². The van der Waals surface area contributed by atoms with Gasteiger partial charge in [-0.15, -0.1) is 10.2 Å². The minimum atomic E-state index is -0.582. The van der Waals surface area contributed by atoms with Gasteiger partial charge in [-0.2, -0.15) is 0 Å². The first-order valence-electron chi connectivity index (χ1n) is 7.97. The fraction of sp³-hybridized carbons (Fsp3) is 0.500. The molecule has 24 heavy (non-hydrogen) atoms. The third kappa shape index (κ3) is 3.70. The number of hydrogen-bond donors (Lipinski definition) is 2. The van der Waals surface area contributed by atoms with E-state index in [0.29, 0.717) is 16.3 Å². The molecule has 3 rings (SSSR count). The molecule has 1 aliphatic rings. The van der Waals surface area contributed by atoms with Crippen LogP contribution in [-0.2, 0) is 6.54 Å². The number of amides is 1. The highest BCUT2D eigenvalue weighted by Gasteiger charge is 2.22. The molecule has 2 aromatic heterocycles. The van der Waals surface area contributed by atoms with Gasteiger partial charge in [0.15, 0.2) is 0 Å². The molecule has 128 valence electrons. The summed E-state index contributed by atoms with van der Waals surface area (Å²) < 4.78 is 5.42. The number of carbonyl (C=O) groups excluding carboxylic acids is 1. The van der Waals surface area contributed by atoms with Crippen LogP contribution >= 0.6 is 11.3 Å². The van der Waals surface area contributed by atoms with Crippen LogP contribution in [0.4, 0.5) is 0 Å². The van der Waals surface area contributed by atoms with Crippen LogP contribution in [0.1, 0.15) is 50.5 Å². The molecular formula is C16H20N4O3S. The van der Waals surface area contributed by atoms with E-state index in [2.05, 4.69) is 20.8 Å². The molecule has 2 N–H and O–H groups in total. The van der Waals surface area contributed by atoms with E-state index in [9.17, 15) is 9.59 Å². The molecule has 1 fully saturated rings. The van der Waals surface area contributed by atoms with Gasteiger partial charge in [-0.05, 0) is 44.9 Å². The van der Waals surface area contributed by atoms with E-state index in [1.807, 2.05) is 13.0 Å². The van der Waals surface area contributed by atoms with E-state index in [1.165, 1.54) is 11.3 Å². The minimum absolute atomic E-state index is 0.0590. The van der Waals surface area contributed by atoms with Gasteiger partial charge in [0, 0.05) is 12.5 Å². The summed E-state index contributed by atoms with van der Waals surface area (Å²) in [5, 5.41) is 15.4. The average Bonchev–Trinajstić information content (AvgIpc) is 2.98. The number of rotatable bonds is 4. The number of carbonyl (C=O) groups is 1. The summed E-state index contributed by atoms with van der Waals surface area (Å²) in [6.07, 6.45) is 2.04. The molecule has 1 amide bonds. The first-order chi connectivity index (χ1) is 11.5. The lowest BCUT2D eigenvalue weighted by Crippen LogP contribution is -2.31. The number of aryl methyl sites for hydroxylation is 2. The van der Waals surface area contributed by atoms with Crippen LogP contribution in [0, 0.1) is 13.8 Å². The molecule has 1 aliphatic heterocycles. The number of hydrogen-bond acceptors (Lipinski definition) is 7. The zero-order valence-corrected chi connectivity index (χ0v) is 14.5. The Bertz CT molecular complexity index is 793. The van der Waals surface area contributed by atoms with Crippen molar-refractivity contribution in [2.75, 3.05) is 13.1 Å². The molecule has 0 aromatic carbocycles. The van der Waals surface area contributed by atoms with Gasteiger partial charge in [0.1, 0.15) is 21.3 Å². The molecule has 1 saturated heterocycles. The zero-order chi connectivity index (χ0) is 17.1. The Balaban J connectivity index is 1.75. The van der Waals surface area contributed by atoms with Gasteiger partial charge in [0.05, 0.1) is 6.54 Å². The summed E-state index contributed by atoms with van der Waals surface area (Å²) >= 11 is 1.41. The van der Waals surface area contributed by atoms with Gasteiger partial charge < -0.3 is 15.1 Å². The monoisotopic (exact) mass is 348 g/mol. The smallest absolute Gasteiger partial charge is 0.349 e. The van der Waals surface area contributed by atoms with E-state index in [4.69, 9.17) is 4.42 Å². The molecule has 0 saturated carbocycles. The zero-order valence-electron chi connectivity index (χ0n) is 13.7. The molecule has 0 spiro atoms. The van der Waals surface area contributed by atoms with Crippen molar-refractivity contribution < 1.29 is 9.21 Å². The van der Waals surface area contributed by atoms with E-state index in [-0.39, 0.29) is 18.0 Å². The molecule has 0 bridgehead atoms. The maximum Gasteiger partial charge on any atom is 0.349 e. The molecule has 3 heterocycles. The Morgan fingerprint density at radius 1 is 1.46 bits per heavy atom. The second-order valence-electron chi connectivity index (χ2n) is 5.94. The normalized spacial score (nSPS) is 17.7. The second kappa shape index (κ2) is 7.23. The topological polar surface area (TPSA) is 97.1 Å². The first kappa shape index (κ1) is 16.8. The Kier molecular flexibility index (Phi) is 5.06. The Morgan fingerprint density at radius 3 is 2.92 bits per heavy atom. The van der Waals surface area contributed by atoms with E-state index in [0.717, 1.165) is 30.9 Å². The Morgan fingerprint density at radius 2 is 2.29 bits per heavy atom. The van der Waals surface area contributed by atoms with Crippen molar-refractivity contribution in [3.8, 4) is 0 Å². The SMILES string of the molecule is Cc1nnc(CNC(=O)c2c(C)cc(C3CCCNC3)oc2=O)s1. The quantitative estimate of drug-likeness (QED) is 0.869. The molecule has 1 atom stereocenters. The second-order valence-corrected chi connectivity index (χ2v) is 7.20. The van der Waals surface area contributed by atoms with Crippen LogP contribution in [0.3, 0.4) is 0 Å². The Labute approximate surface area is 143 Å². The number of piperidine rings is 1. The minimum Gasteiger partial charge on any atom is -0.427 e. The third-order valence-corrected chi connectivity index (χ3v) is 4.90. The van der Waals surface area contributed by atoms with Gasteiger partial charge in [0.2, 0.25) is 0 Å². The lowest BCUT2D eigenvalue weighted by molar-refractivity contribution is 0.0945. The summed E-state index contributed by atoms with van der Waals surface area (Å²) in [6.45, 7) is 5.65.